The van der Waals surface area contributed by atoms with E-state index in [9.17, 15) is 14.7 Å². The number of anilines is 1. The van der Waals surface area contributed by atoms with E-state index in [1.807, 2.05) is 0 Å². The molecule has 0 saturated carbocycles. The second kappa shape index (κ2) is 9.95. The molecule has 1 aromatic heterocycles. The summed E-state index contributed by atoms with van der Waals surface area (Å²) in [6.07, 6.45) is 14.6. The maximum absolute atomic E-state index is 11.8. The van der Waals surface area contributed by atoms with Crippen molar-refractivity contribution in [2.75, 3.05) is 5.32 Å². The van der Waals surface area contributed by atoms with Crippen molar-refractivity contribution >= 4 is 23.3 Å². The number of aromatic carboxylic acids is 1. The number of nitrogens with one attached hydrogen (secondary N) is 1. The number of halogens is 1. The lowest BCUT2D eigenvalue weighted by Crippen LogP contribution is -2.19. The van der Waals surface area contributed by atoms with Gasteiger partial charge in [0.05, 0.1) is 22.0 Å². The standard InChI is InChI=1S/C19H19ClN2O3/c1-4-6-7-8-9-11-15(20)16(10-5-2)21-17-12-18(23)22(3)13-14(17)19(24)25/h4-13,21H,1-2H2,3H3,(H,24,25)/b7-6-,9-8-,15-11+,16-10+. The van der Waals surface area contributed by atoms with Crippen molar-refractivity contribution in [1.29, 1.82) is 0 Å². The van der Waals surface area contributed by atoms with Crippen molar-refractivity contribution in [3.05, 3.63) is 101 Å². The topological polar surface area (TPSA) is 71.3 Å². The van der Waals surface area contributed by atoms with Crippen LogP contribution in [0.25, 0.3) is 0 Å². The Morgan fingerprint density at radius 3 is 2.48 bits per heavy atom. The second-order valence-corrected chi connectivity index (χ2v) is 5.22. The highest BCUT2D eigenvalue weighted by Gasteiger charge is 2.14. The predicted molar refractivity (Wildman–Crippen MR) is 103 cm³/mol. The third kappa shape index (κ3) is 6.16. The van der Waals surface area contributed by atoms with Crippen LogP contribution in [0.3, 0.4) is 0 Å². The summed E-state index contributed by atoms with van der Waals surface area (Å²) in [4.78, 5) is 23.2. The van der Waals surface area contributed by atoms with Crippen LogP contribution in [0.5, 0.6) is 0 Å². The highest BCUT2D eigenvalue weighted by Crippen LogP contribution is 2.21. The molecule has 1 heterocycles. The summed E-state index contributed by atoms with van der Waals surface area (Å²) in [5.74, 6) is -1.16. The first kappa shape index (κ1) is 20.0. The van der Waals surface area contributed by atoms with Gasteiger partial charge in [-0.3, -0.25) is 4.79 Å². The Kier molecular flexibility index (Phi) is 7.96. The van der Waals surface area contributed by atoms with Gasteiger partial charge in [0, 0.05) is 19.3 Å². The Balaban J connectivity index is 3.21. The van der Waals surface area contributed by atoms with Crippen molar-refractivity contribution in [2.45, 2.75) is 0 Å². The first-order valence-corrected chi connectivity index (χ1v) is 7.64. The molecule has 1 aromatic rings. The fourth-order valence-electron chi connectivity index (χ4n) is 1.78. The first-order valence-electron chi connectivity index (χ1n) is 7.26. The molecule has 0 spiro atoms. The monoisotopic (exact) mass is 358 g/mol. The molecule has 0 aliphatic heterocycles. The molecule has 0 saturated heterocycles. The summed E-state index contributed by atoms with van der Waals surface area (Å²) in [5, 5.41) is 12.5. The summed E-state index contributed by atoms with van der Waals surface area (Å²) < 4.78 is 1.19. The maximum atomic E-state index is 11.8. The number of aryl methyl sites for hydroxylation is 1. The minimum atomic E-state index is -1.16. The van der Waals surface area contributed by atoms with Gasteiger partial charge in [0.25, 0.3) is 5.56 Å². The summed E-state index contributed by atoms with van der Waals surface area (Å²) >= 11 is 6.25. The molecule has 5 nitrogen and oxygen atoms in total. The largest absolute Gasteiger partial charge is 0.478 e. The number of aromatic nitrogens is 1. The molecule has 25 heavy (non-hydrogen) atoms. The number of rotatable bonds is 8. The fourth-order valence-corrected chi connectivity index (χ4v) is 1.97. The van der Waals surface area contributed by atoms with Gasteiger partial charge in [-0.2, -0.15) is 0 Å². The predicted octanol–water partition coefficient (Wildman–Crippen LogP) is 3.99. The Bertz CT molecular complexity index is 843. The van der Waals surface area contributed by atoms with E-state index < -0.39 is 5.97 Å². The molecule has 0 aliphatic rings. The van der Waals surface area contributed by atoms with E-state index in [2.05, 4.69) is 18.5 Å². The zero-order valence-corrected chi connectivity index (χ0v) is 14.5. The molecule has 1 rings (SSSR count). The van der Waals surface area contributed by atoms with Crippen LogP contribution in [-0.4, -0.2) is 15.6 Å². The van der Waals surface area contributed by atoms with Gasteiger partial charge >= 0.3 is 5.97 Å². The molecular weight excluding hydrogens is 340 g/mol. The molecular formula is C19H19ClN2O3. The third-order valence-electron chi connectivity index (χ3n) is 2.98. The molecule has 0 amide bonds. The third-order valence-corrected chi connectivity index (χ3v) is 3.31. The molecule has 2 N–H and O–H groups in total. The minimum absolute atomic E-state index is 0.0500. The molecule has 0 aromatic carbocycles. The quantitative estimate of drug-likeness (QED) is 0.689. The van der Waals surface area contributed by atoms with Crippen LogP contribution in [0.4, 0.5) is 5.69 Å². The highest BCUT2D eigenvalue weighted by molar-refractivity contribution is 6.32. The molecule has 130 valence electrons. The number of pyridine rings is 1. The average molecular weight is 359 g/mol. The Hall–Kier alpha value is -3.05. The zero-order valence-electron chi connectivity index (χ0n) is 13.8. The van der Waals surface area contributed by atoms with Gasteiger partial charge in [-0.05, 0) is 12.2 Å². The average Bonchev–Trinajstić information content (AvgIpc) is 2.56. The molecule has 0 fully saturated rings. The van der Waals surface area contributed by atoms with Gasteiger partial charge in [-0.25, -0.2) is 4.79 Å². The Morgan fingerprint density at radius 1 is 1.20 bits per heavy atom. The van der Waals surface area contributed by atoms with Gasteiger partial charge in [-0.1, -0.05) is 61.2 Å². The molecule has 0 aliphatic carbocycles. The Morgan fingerprint density at radius 2 is 1.88 bits per heavy atom. The van der Waals surface area contributed by atoms with Crippen LogP contribution in [-0.2, 0) is 7.05 Å². The van der Waals surface area contributed by atoms with Crippen LogP contribution in [0.1, 0.15) is 10.4 Å². The minimum Gasteiger partial charge on any atom is -0.478 e. The summed E-state index contributed by atoms with van der Waals surface area (Å²) in [6.45, 7) is 7.17. The van der Waals surface area contributed by atoms with Crippen molar-refractivity contribution in [1.82, 2.24) is 4.57 Å². The number of allylic oxidation sites excluding steroid dienone is 9. The second-order valence-electron chi connectivity index (χ2n) is 4.82. The lowest BCUT2D eigenvalue weighted by atomic mass is 10.2. The SMILES string of the molecule is C=C\C=C/C=C\C=C(Cl)/C(=C\C=C)Nc1cc(=O)n(C)cc1C(=O)O. The van der Waals surface area contributed by atoms with Crippen LogP contribution in [0.15, 0.2) is 89.6 Å². The number of carbonyl (C=O) groups is 1. The van der Waals surface area contributed by atoms with E-state index >= 15 is 0 Å². The van der Waals surface area contributed by atoms with Gasteiger partial charge in [-0.15, -0.1) is 0 Å². The van der Waals surface area contributed by atoms with Crippen LogP contribution in [0.2, 0.25) is 0 Å². The van der Waals surface area contributed by atoms with E-state index in [0.717, 1.165) is 0 Å². The smallest absolute Gasteiger partial charge is 0.339 e. The number of carboxylic acids is 1. The fraction of sp³-hybridized carbons (Fsp3) is 0.0526. The van der Waals surface area contributed by atoms with Crippen LogP contribution >= 0.6 is 11.6 Å². The van der Waals surface area contributed by atoms with E-state index in [0.29, 0.717) is 10.7 Å². The summed E-state index contributed by atoms with van der Waals surface area (Å²) in [7, 11) is 1.48. The van der Waals surface area contributed by atoms with Crippen molar-refractivity contribution in [2.24, 2.45) is 7.05 Å². The number of carboxylic acid groups (broad SMARTS) is 1. The molecule has 0 bridgehead atoms. The maximum Gasteiger partial charge on any atom is 0.339 e. The normalized spacial score (nSPS) is 12.6. The van der Waals surface area contributed by atoms with Crippen molar-refractivity contribution in [3.8, 4) is 0 Å². The number of hydrogen-bond acceptors (Lipinski definition) is 3. The van der Waals surface area contributed by atoms with Crippen molar-refractivity contribution in [3.63, 3.8) is 0 Å². The lowest BCUT2D eigenvalue weighted by Gasteiger charge is -2.13. The van der Waals surface area contributed by atoms with Crippen molar-refractivity contribution < 1.29 is 9.90 Å². The van der Waals surface area contributed by atoms with E-state index in [1.165, 1.54) is 30.0 Å². The van der Waals surface area contributed by atoms with Gasteiger partial charge in [0.2, 0.25) is 0 Å². The number of hydrogen-bond donors (Lipinski definition) is 2. The molecule has 0 radical (unpaired) electrons. The van der Waals surface area contributed by atoms with E-state index in [1.54, 1.807) is 42.5 Å². The highest BCUT2D eigenvalue weighted by atomic mass is 35.5. The van der Waals surface area contributed by atoms with Crippen LogP contribution < -0.4 is 10.9 Å². The molecule has 6 heteroatoms. The summed E-state index contributed by atoms with van der Waals surface area (Å²) in [5.41, 5.74) is 0.154. The zero-order chi connectivity index (χ0) is 18.8. The van der Waals surface area contributed by atoms with Crippen LogP contribution in [0, 0.1) is 0 Å². The molecule has 0 atom stereocenters. The number of nitrogens with zero attached hydrogens (tertiary/aromatic N) is 1. The van der Waals surface area contributed by atoms with E-state index in [4.69, 9.17) is 11.6 Å². The summed E-state index contributed by atoms with van der Waals surface area (Å²) in [6, 6.07) is 1.20. The lowest BCUT2D eigenvalue weighted by molar-refractivity contribution is 0.0697. The van der Waals surface area contributed by atoms with Gasteiger partial charge in [0.1, 0.15) is 0 Å². The molecule has 0 unspecified atom stereocenters. The first-order chi connectivity index (χ1) is 11.9. The van der Waals surface area contributed by atoms with Gasteiger partial charge in [0.15, 0.2) is 0 Å². The van der Waals surface area contributed by atoms with Gasteiger partial charge < -0.3 is 15.0 Å². The Labute approximate surface area is 151 Å². The van der Waals surface area contributed by atoms with E-state index in [-0.39, 0.29) is 16.8 Å².